The van der Waals surface area contributed by atoms with Gasteiger partial charge >= 0.3 is 0 Å². The average molecular weight is 420 g/mol. The van der Waals surface area contributed by atoms with E-state index < -0.39 is 0 Å². The van der Waals surface area contributed by atoms with Crippen molar-refractivity contribution >= 4 is 5.78 Å². The first kappa shape index (κ1) is 21.0. The fraction of sp³-hybridized carbons (Fsp3) is 0.600. The molecule has 135 valence electrons. The van der Waals surface area contributed by atoms with E-state index in [4.69, 9.17) is 9.47 Å². The molecule has 1 fully saturated rings. The summed E-state index contributed by atoms with van der Waals surface area (Å²) >= 11 is 0. The van der Waals surface area contributed by atoms with Crippen molar-refractivity contribution in [2.45, 2.75) is 44.6 Å². The van der Waals surface area contributed by atoms with Crippen molar-refractivity contribution < 1.29 is 52.1 Å². The van der Waals surface area contributed by atoms with Crippen LogP contribution in [-0.2, 0) is 48.7 Å². The molecule has 1 N–H and O–H groups in total. The third-order valence-electron chi connectivity index (χ3n) is 5.23. The summed E-state index contributed by atoms with van der Waals surface area (Å²) < 4.78 is 11.7. The molecule has 4 nitrogen and oxygen atoms in total. The smallest absolute Gasteiger partial charge is 0.139 e. The van der Waals surface area contributed by atoms with Crippen LogP contribution in [0.15, 0.2) is 18.2 Å². The molecule has 5 heteroatoms. The first-order valence-electron chi connectivity index (χ1n) is 9.03. The third kappa shape index (κ3) is 5.12. The van der Waals surface area contributed by atoms with Gasteiger partial charge < -0.3 is 21.5 Å². The van der Waals surface area contributed by atoms with Crippen molar-refractivity contribution in [1.29, 1.82) is 0 Å². The van der Waals surface area contributed by atoms with Gasteiger partial charge in [-0.05, 0) is 36.8 Å². The van der Waals surface area contributed by atoms with E-state index in [1.54, 1.807) is 0 Å². The van der Waals surface area contributed by atoms with Gasteiger partial charge in [-0.2, -0.15) is 6.42 Å². The van der Waals surface area contributed by atoms with E-state index in [9.17, 15) is 9.90 Å². The topological polar surface area (TPSA) is 55.8 Å². The zero-order valence-electron chi connectivity index (χ0n) is 14.8. The number of ether oxygens (including phenoxy) is 2. The Morgan fingerprint density at radius 2 is 2.04 bits per heavy atom. The van der Waals surface area contributed by atoms with Gasteiger partial charge in [-0.25, -0.2) is 0 Å². The van der Waals surface area contributed by atoms with E-state index in [0.717, 1.165) is 49.0 Å². The molecule has 1 unspecified atom stereocenters. The molecule has 0 aromatic heterocycles. The van der Waals surface area contributed by atoms with E-state index in [0.29, 0.717) is 26.2 Å². The van der Waals surface area contributed by atoms with E-state index >= 15 is 0 Å². The molecule has 1 aromatic carbocycles. The maximum Gasteiger partial charge on any atom is 0.139 e. The van der Waals surface area contributed by atoms with E-state index in [1.165, 1.54) is 0 Å². The second-order valence-electron chi connectivity index (χ2n) is 6.84. The van der Waals surface area contributed by atoms with Crippen molar-refractivity contribution in [3.63, 3.8) is 0 Å². The van der Waals surface area contributed by atoms with Gasteiger partial charge in [0.25, 0.3) is 0 Å². The van der Waals surface area contributed by atoms with E-state index in [2.05, 4.69) is 6.92 Å². The van der Waals surface area contributed by atoms with Gasteiger partial charge in [0.05, 0.1) is 25.2 Å². The molecular weight excluding hydrogens is 393 g/mol. The van der Waals surface area contributed by atoms with E-state index in [-0.39, 0.29) is 56.4 Å². The molecule has 3 rings (SSSR count). The summed E-state index contributed by atoms with van der Waals surface area (Å²) in [5.74, 6) is 1.28. The number of Topliss-reactive ketones (excluding diaryl/α,β-unsaturated/α-hetero) is 1. The minimum Gasteiger partial charge on any atom is -0.493 e. The predicted octanol–water partition coefficient (Wildman–Crippen LogP) is 3.27. The monoisotopic (exact) mass is 420 g/mol. The van der Waals surface area contributed by atoms with Crippen LogP contribution in [0.2, 0.25) is 0 Å². The van der Waals surface area contributed by atoms with Crippen molar-refractivity contribution in [3.8, 4) is 5.75 Å². The van der Waals surface area contributed by atoms with Crippen LogP contribution in [0.5, 0.6) is 5.75 Å². The van der Waals surface area contributed by atoms with Gasteiger partial charge in [0, 0.05) is 51.3 Å². The normalized spacial score (nSPS) is 24.9. The molecule has 0 bridgehead atoms. The number of aliphatic hydroxyl groups excluding tert-OH is 1. The number of unbranched alkanes of at least 4 members (excludes halogenated alkanes) is 1. The maximum atomic E-state index is 12.2. The Kier molecular flexibility index (Phi) is 8.54. The molecule has 2 aliphatic carbocycles. The Labute approximate surface area is 175 Å². The number of benzene rings is 1. The first-order chi connectivity index (χ1) is 11.7. The number of carbonyl (C=O) groups is 1. The predicted molar refractivity (Wildman–Crippen MR) is 91.8 cm³/mol. The molecule has 1 saturated carbocycles. The van der Waals surface area contributed by atoms with Crippen LogP contribution >= 0.6 is 0 Å². The van der Waals surface area contributed by atoms with Gasteiger partial charge in [-0.3, -0.25) is 4.79 Å². The molecule has 0 amide bonds. The summed E-state index contributed by atoms with van der Waals surface area (Å²) in [5, 5.41) is 9.98. The molecule has 3 atom stereocenters. The Hall–Kier alpha value is -0.286. The maximum absolute atomic E-state index is 12.2. The summed E-state index contributed by atoms with van der Waals surface area (Å²) in [7, 11) is 0. The van der Waals surface area contributed by atoms with Crippen LogP contribution < -0.4 is 4.74 Å². The fourth-order valence-electron chi connectivity index (χ4n) is 3.76. The zero-order chi connectivity index (χ0) is 16.9. The molecule has 1 radical (unpaired) electrons. The zero-order valence-corrected chi connectivity index (χ0v) is 17.6. The fourth-order valence-corrected chi connectivity index (χ4v) is 3.76. The van der Waals surface area contributed by atoms with Crippen LogP contribution in [0, 0.1) is 18.8 Å². The standard InChI is InChI=1S/C20H27O4.Y/c1-2-3-11-23-12-14-7-9-19(22)17(14)13-24-20-6-4-5-15-16(20)8-10-18(15)21;/h4-6,14,17-18,21H,1-3,7-13H2;/q-1;/t14-,17-,18?;/m1./s1. The molecule has 0 saturated heterocycles. The van der Waals surface area contributed by atoms with Crippen LogP contribution in [0.3, 0.4) is 0 Å². The number of fused-ring (bicyclic) bond motifs is 1. The summed E-state index contributed by atoms with van der Waals surface area (Å²) in [5.41, 5.74) is 2.07. The summed E-state index contributed by atoms with van der Waals surface area (Å²) in [6, 6.07) is 5.81. The molecular formula is C20H27O4Y-. The molecule has 25 heavy (non-hydrogen) atoms. The minimum atomic E-state index is -0.383. The van der Waals surface area contributed by atoms with Gasteiger partial charge in [-0.1, -0.05) is 18.6 Å². The third-order valence-corrected chi connectivity index (χ3v) is 5.23. The summed E-state index contributed by atoms with van der Waals surface area (Å²) in [6.07, 6.45) is 4.56. The summed E-state index contributed by atoms with van der Waals surface area (Å²) in [4.78, 5) is 12.2. The Bertz CT molecular complexity index is 575. The molecule has 0 aliphatic heterocycles. The number of hydrogen-bond acceptors (Lipinski definition) is 4. The largest absolute Gasteiger partial charge is 0.493 e. The Morgan fingerprint density at radius 1 is 1.20 bits per heavy atom. The van der Waals surface area contributed by atoms with Gasteiger partial charge in [0.1, 0.15) is 11.5 Å². The van der Waals surface area contributed by atoms with Gasteiger partial charge in [-0.15, -0.1) is 0 Å². The molecule has 1 aromatic rings. The van der Waals surface area contributed by atoms with Gasteiger partial charge in [0.2, 0.25) is 0 Å². The molecule has 0 heterocycles. The Morgan fingerprint density at radius 3 is 2.84 bits per heavy atom. The SMILES string of the molecule is [CH2-]CCCOC[C@H]1CCC(=O)[C@@H]1COc1cccc2c1CCC2O.[Y]. The van der Waals surface area contributed by atoms with Crippen LogP contribution in [0.1, 0.15) is 49.3 Å². The number of carbonyl (C=O) groups excluding carboxylic acids is 1. The van der Waals surface area contributed by atoms with Crippen molar-refractivity contribution in [3.05, 3.63) is 36.2 Å². The van der Waals surface area contributed by atoms with Crippen molar-refractivity contribution in [1.82, 2.24) is 0 Å². The average Bonchev–Trinajstić information content (AvgIpc) is 3.14. The number of ketones is 1. The summed E-state index contributed by atoms with van der Waals surface area (Å²) in [6.45, 7) is 5.56. The number of rotatable bonds is 8. The molecule has 0 spiro atoms. The second-order valence-corrected chi connectivity index (χ2v) is 6.84. The Balaban J connectivity index is 0.00000225. The van der Waals surface area contributed by atoms with Crippen LogP contribution in [0.4, 0.5) is 0 Å². The van der Waals surface area contributed by atoms with Gasteiger partial charge in [0.15, 0.2) is 0 Å². The van der Waals surface area contributed by atoms with Crippen LogP contribution in [-0.4, -0.2) is 30.7 Å². The van der Waals surface area contributed by atoms with Crippen molar-refractivity contribution in [2.24, 2.45) is 11.8 Å². The quantitative estimate of drug-likeness (QED) is 0.518. The second kappa shape index (κ2) is 10.2. The molecule has 2 aliphatic rings. The first-order valence-corrected chi connectivity index (χ1v) is 9.03. The van der Waals surface area contributed by atoms with E-state index in [1.807, 2.05) is 18.2 Å². The van der Waals surface area contributed by atoms with Crippen molar-refractivity contribution in [2.75, 3.05) is 19.8 Å². The number of hydrogen-bond donors (Lipinski definition) is 1. The minimum absolute atomic E-state index is 0. The number of aliphatic hydroxyl groups is 1. The van der Waals surface area contributed by atoms with Crippen LogP contribution in [0.25, 0.3) is 0 Å².